The quantitative estimate of drug-likeness (QED) is 0.404. The van der Waals surface area contributed by atoms with Crippen LogP contribution in [-0.4, -0.2) is 22.0 Å². The molecule has 0 aliphatic carbocycles. The van der Waals surface area contributed by atoms with E-state index < -0.39 is 22.0 Å². The second-order valence-corrected chi connectivity index (χ2v) is 7.47. The first-order chi connectivity index (χ1) is 12.7. The molecule has 0 bridgehead atoms. The van der Waals surface area contributed by atoms with Gasteiger partial charge in [0.1, 0.15) is 5.60 Å². The third-order valence-electron chi connectivity index (χ3n) is 4.03. The maximum atomic E-state index is 12.9. The summed E-state index contributed by atoms with van der Waals surface area (Å²) >= 11 is 0. The summed E-state index contributed by atoms with van der Waals surface area (Å²) in [6, 6.07) is 18.5. The van der Waals surface area contributed by atoms with Gasteiger partial charge in [0.15, 0.2) is 0 Å². The molecule has 5 heteroatoms. The number of nitro groups is 1. The number of rotatable bonds is 7. The largest absolute Gasteiger partial charge is 0.455 e. The van der Waals surface area contributed by atoms with Crippen molar-refractivity contribution in [1.82, 2.24) is 0 Å². The molecule has 2 aromatic rings. The number of carbonyl (C=O) groups is 1. The number of hydrogen-bond donors (Lipinski definition) is 0. The first kappa shape index (κ1) is 20.4. The fourth-order valence-corrected chi connectivity index (χ4v) is 2.70. The molecule has 2 aromatic carbocycles. The zero-order valence-corrected chi connectivity index (χ0v) is 15.9. The first-order valence-corrected chi connectivity index (χ1v) is 8.86. The molecule has 0 amide bonds. The Hall–Kier alpha value is -2.95. The molecule has 0 fully saturated rings. The number of nitrogens with zero attached hydrogens (tertiary/aromatic N) is 1. The van der Waals surface area contributed by atoms with Crippen LogP contribution in [0.4, 0.5) is 0 Å². The van der Waals surface area contributed by atoms with E-state index in [2.05, 4.69) is 0 Å². The molecular formula is C22H25NO4. The Kier molecular flexibility index (Phi) is 6.50. The molecule has 142 valence electrons. The Morgan fingerprint density at radius 2 is 1.59 bits per heavy atom. The first-order valence-electron chi connectivity index (χ1n) is 8.86. The minimum absolute atomic E-state index is 0.0329. The van der Waals surface area contributed by atoms with E-state index in [-0.39, 0.29) is 12.8 Å². The van der Waals surface area contributed by atoms with E-state index in [9.17, 15) is 14.9 Å². The van der Waals surface area contributed by atoms with Crippen LogP contribution in [0.1, 0.15) is 38.3 Å². The van der Waals surface area contributed by atoms with E-state index in [0.29, 0.717) is 5.56 Å². The highest BCUT2D eigenvalue weighted by Gasteiger charge is 2.52. The predicted octanol–water partition coefficient (Wildman–Crippen LogP) is 4.69. The van der Waals surface area contributed by atoms with Gasteiger partial charge in [-0.05, 0) is 31.9 Å². The van der Waals surface area contributed by atoms with Gasteiger partial charge in [-0.2, -0.15) is 0 Å². The predicted molar refractivity (Wildman–Crippen MR) is 106 cm³/mol. The summed E-state index contributed by atoms with van der Waals surface area (Å²) in [5.41, 5.74) is -1.05. The van der Waals surface area contributed by atoms with Gasteiger partial charge in [0.05, 0.1) is 6.42 Å². The molecule has 5 nitrogen and oxygen atoms in total. The van der Waals surface area contributed by atoms with Gasteiger partial charge in [0, 0.05) is 11.3 Å². The van der Waals surface area contributed by atoms with E-state index in [1.807, 2.05) is 36.4 Å². The lowest BCUT2D eigenvalue weighted by molar-refractivity contribution is -0.555. The van der Waals surface area contributed by atoms with Gasteiger partial charge >= 0.3 is 11.5 Å². The summed E-state index contributed by atoms with van der Waals surface area (Å²) < 4.78 is 5.43. The summed E-state index contributed by atoms with van der Waals surface area (Å²) in [5.74, 6) is -0.818. The maximum Gasteiger partial charge on any atom is 0.386 e. The summed E-state index contributed by atoms with van der Waals surface area (Å²) in [4.78, 5) is 24.4. The highest BCUT2D eigenvalue weighted by atomic mass is 16.6. The smallest absolute Gasteiger partial charge is 0.386 e. The van der Waals surface area contributed by atoms with E-state index in [4.69, 9.17) is 4.74 Å². The van der Waals surface area contributed by atoms with Crippen molar-refractivity contribution in [2.24, 2.45) is 0 Å². The number of benzene rings is 2. The monoisotopic (exact) mass is 367 g/mol. The van der Waals surface area contributed by atoms with Gasteiger partial charge in [-0.25, -0.2) is 4.79 Å². The van der Waals surface area contributed by atoms with Crippen LogP contribution in [0, 0.1) is 10.1 Å². The highest BCUT2D eigenvalue weighted by Crippen LogP contribution is 2.27. The van der Waals surface area contributed by atoms with Crippen molar-refractivity contribution < 1.29 is 14.5 Å². The van der Waals surface area contributed by atoms with Crippen molar-refractivity contribution >= 4 is 12.0 Å². The van der Waals surface area contributed by atoms with Gasteiger partial charge in [0.25, 0.3) is 0 Å². The van der Waals surface area contributed by atoms with Crippen LogP contribution < -0.4 is 0 Å². The molecule has 0 spiro atoms. The molecule has 0 saturated carbocycles. The van der Waals surface area contributed by atoms with Crippen LogP contribution in [0.3, 0.4) is 0 Å². The van der Waals surface area contributed by atoms with Crippen molar-refractivity contribution in [2.75, 3.05) is 0 Å². The molecule has 0 aliphatic heterocycles. The van der Waals surface area contributed by atoms with Crippen molar-refractivity contribution in [2.45, 2.75) is 44.8 Å². The Balaban J connectivity index is 2.36. The molecule has 0 N–H and O–H groups in total. The van der Waals surface area contributed by atoms with Crippen molar-refractivity contribution in [3.05, 3.63) is 88.0 Å². The van der Waals surface area contributed by atoms with Gasteiger partial charge in [-0.1, -0.05) is 72.8 Å². The second-order valence-electron chi connectivity index (χ2n) is 7.47. The molecular weight excluding hydrogens is 342 g/mol. The van der Waals surface area contributed by atoms with E-state index >= 15 is 0 Å². The highest BCUT2D eigenvalue weighted by molar-refractivity contribution is 5.80. The normalized spacial score (nSPS) is 13.9. The Morgan fingerprint density at radius 3 is 2.11 bits per heavy atom. The van der Waals surface area contributed by atoms with Crippen LogP contribution in [0.15, 0.2) is 66.7 Å². The lowest BCUT2D eigenvalue weighted by Gasteiger charge is -2.27. The average molecular weight is 367 g/mol. The molecule has 0 saturated heterocycles. The fourth-order valence-electron chi connectivity index (χ4n) is 2.70. The number of carbonyl (C=O) groups excluding carboxylic acids is 1. The Labute approximate surface area is 159 Å². The molecule has 0 aromatic heterocycles. The summed E-state index contributed by atoms with van der Waals surface area (Å²) in [6.45, 7) is 5.12. The van der Waals surface area contributed by atoms with Crippen LogP contribution in [0.5, 0.6) is 0 Å². The molecule has 0 heterocycles. The fraction of sp³-hybridized carbons (Fsp3) is 0.318. The van der Waals surface area contributed by atoms with Crippen molar-refractivity contribution in [1.29, 1.82) is 0 Å². The standard InChI is InChI=1S/C22H25NO4/c1-21(2,3)27-20(24)22(23(25)26,17-19-13-8-5-9-14-19)16-10-15-18-11-6-4-7-12-18/h4-15H,16-17H2,1-3H3/b15-10+/t22-/m0/s1. The third-order valence-corrected chi connectivity index (χ3v) is 4.03. The Morgan fingerprint density at radius 1 is 1.04 bits per heavy atom. The van der Waals surface area contributed by atoms with Crippen molar-refractivity contribution in [3.63, 3.8) is 0 Å². The lowest BCUT2D eigenvalue weighted by Crippen LogP contribution is -2.51. The maximum absolute atomic E-state index is 12.9. The Bertz CT molecular complexity index is 794. The molecule has 0 unspecified atom stereocenters. The van der Waals surface area contributed by atoms with Crippen LogP contribution in [0.2, 0.25) is 0 Å². The van der Waals surface area contributed by atoms with E-state index in [1.165, 1.54) is 0 Å². The van der Waals surface area contributed by atoms with Gasteiger partial charge < -0.3 is 4.74 Å². The summed E-state index contributed by atoms with van der Waals surface area (Å²) in [7, 11) is 0. The molecule has 2 rings (SSSR count). The van der Waals surface area contributed by atoms with E-state index in [1.54, 1.807) is 57.2 Å². The van der Waals surface area contributed by atoms with Gasteiger partial charge in [0.2, 0.25) is 0 Å². The van der Waals surface area contributed by atoms with Crippen molar-refractivity contribution in [3.8, 4) is 0 Å². The average Bonchev–Trinajstić information content (AvgIpc) is 2.61. The zero-order valence-electron chi connectivity index (χ0n) is 15.9. The summed E-state index contributed by atoms with van der Waals surface area (Å²) in [6.07, 6.45) is 3.37. The van der Waals surface area contributed by atoms with E-state index in [0.717, 1.165) is 5.56 Å². The second kappa shape index (κ2) is 8.62. The van der Waals surface area contributed by atoms with Crippen LogP contribution in [0.25, 0.3) is 6.08 Å². The number of hydrogen-bond acceptors (Lipinski definition) is 4. The third kappa shape index (κ3) is 5.78. The molecule has 1 atom stereocenters. The van der Waals surface area contributed by atoms with Crippen LogP contribution >= 0.6 is 0 Å². The topological polar surface area (TPSA) is 69.4 Å². The molecule has 0 radical (unpaired) electrons. The summed E-state index contributed by atoms with van der Waals surface area (Å²) in [5, 5.41) is 12.1. The number of ether oxygens (including phenoxy) is 1. The zero-order chi connectivity index (χ0) is 19.9. The molecule has 0 aliphatic rings. The van der Waals surface area contributed by atoms with Crippen LogP contribution in [-0.2, 0) is 16.0 Å². The minimum Gasteiger partial charge on any atom is -0.455 e. The SMILES string of the molecule is CC(C)(C)OC(=O)[C@](C/C=C/c1ccccc1)(Cc1ccccc1)[N+](=O)[O-]. The molecule has 27 heavy (non-hydrogen) atoms. The van der Waals surface area contributed by atoms with Gasteiger partial charge in [-0.3, -0.25) is 10.1 Å². The minimum atomic E-state index is -1.88. The van der Waals surface area contributed by atoms with Gasteiger partial charge in [-0.15, -0.1) is 0 Å². The lowest BCUT2D eigenvalue weighted by atomic mass is 9.87. The number of esters is 1.